The molecule has 0 unspecified atom stereocenters. The van der Waals surface area contributed by atoms with Crippen LogP contribution in [0.1, 0.15) is 25.3 Å². The number of amides is 1. The normalized spacial score (nSPS) is 17.6. The van der Waals surface area contributed by atoms with E-state index < -0.39 is 0 Å². The third-order valence-electron chi connectivity index (χ3n) is 4.33. The van der Waals surface area contributed by atoms with Crippen molar-refractivity contribution in [3.05, 3.63) is 48.0 Å². The molecule has 0 aromatic heterocycles. The van der Waals surface area contributed by atoms with Crippen molar-refractivity contribution in [3.8, 4) is 0 Å². The number of hydrogen-bond donors (Lipinski definition) is 2. The van der Waals surface area contributed by atoms with E-state index in [0.29, 0.717) is 6.42 Å². The van der Waals surface area contributed by atoms with Gasteiger partial charge < -0.3 is 10.6 Å². The van der Waals surface area contributed by atoms with Crippen molar-refractivity contribution in [2.75, 3.05) is 13.1 Å². The summed E-state index contributed by atoms with van der Waals surface area (Å²) in [6, 6.07) is 14.5. The molecule has 110 valence electrons. The highest BCUT2D eigenvalue weighted by Gasteiger charge is 2.28. The summed E-state index contributed by atoms with van der Waals surface area (Å²) in [5.41, 5.74) is 1.02. The van der Waals surface area contributed by atoms with Crippen LogP contribution in [0.15, 0.2) is 42.5 Å². The van der Waals surface area contributed by atoms with Gasteiger partial charge in [0.25, 0.3) is 0 Å². The Morgan fingerprint density at radius 3 is 2.62 bits per heavy atom. The van der Waals surface area contributed by atoms with E-state index >= 15 is 0 Å². The Hall–Kier alpha value is -1.87. The maximum absolute atomic E-state index is 12.3. The van der Waals surface area contributed by atoms with Crippen LogP contribution in [0.3, 0.4) is 0 Å². The molecule has 1 aliphatic heterocycles. The molecule has 1 amide bonds. The molecular weight excluding hydrogens is 260 g/mol. The van der Waals surface area contributed by atoms with Gasteiger partial charge >= 0.3 is 0 Å². The van der Waals surface area contributed by atoms with E-state index in [1.807, 2.05) is 18.2 Å². The quantitative estimate of drug-likeness (QED) is 0.908. The molecule has 2 N–H and O–H groups in total. The van der Waals surface area contributed by atoms with E-state index in [1.165, 1.54) is 10.8 Å². The summed E-state index contributed by atoms with van der Waals surface area (Å²) in [5.74, 6) is 0.120. The number of benzene rings is 2. The molecule has 1 heterocycles. The average molecular weight is 282 g/mol. The summed E-state index contributed by atoms with van der Waals surface area (Å²) >= 11 is 0. The predicted molar refractivity (Wildman–Crippen MR) is 86.3 cm³/mol. The number of carbonyl (C=O) groups is 1. The number of carbonyl (C=O) groups excluding carboxylic acids is 1. The van der Waals surface area contributed by atoms with Crippen molar-refractivity contribution in [2.45, 2.75) is 31.7 Å². The van der Waals surface area contributed by atoms with Crippen LogP contribution in [-0.2, 0) is 11.2 Å². The molecule has 0 aliphatic carbocycles. The van der Waals surface area contributed by atoms with Crippen LogP contribution < -0.4 is 10.6 Å². The molecule has 0 atom stereocenters. The van der Waals surface area contributed by atoms with Gasteiger partial charge in [-0.15, -0.1) is 0 Å². The minimum absolute atomic E-state index is 0.0564. The monoisotopic (exact) mass is 282 g/mol. The van der Waals surface area contributed by atoms with E-state index in [1.54, 1.807) is 0 Å². The first-order chi connectivity index (χ1) is 10.1. The Morgan fingerprint density at radius 2 is 1.86 bits per heavy atom. The van der Waals surface area contributed by atoms with Gasteiger partial charge in [0, 0.05) is 5.54 Å². The topological polar surface area (TPSA) is 41.1 Å². The van der Waals surface area contributed by atoms with Crippen molar-refractivity contribution in [1.29, 1.82) is 0 Å². The first-order valence-electron chi connectivity index (χ1n) is 7.64. The number of nitrogens with one attached hydrogen (secondary N) is 2. The molecule has 1 aliphatic rings. The third-order valence-corrected chi connectivity index (χ3v) is 4.33. The molecule has 21 heavy (non-hydrogen) atoms. The smallest absolute Gasteiger partial charge is 0.224 e. The molecule has 0 bridgehead atoms. The first kappa shape index (κ1) is 14.1. The molecular formula is C18H22N2O. The van der Waals surface area contributed by atoms with Crippen LogP contribution in [0.2, 0.25) is 0 Å². The molecule has 3 nitrogen and oxygen atoms in total. The second-order valence-corrected chi connectivity index (χ2v) is 6.22. The van der Waals surface area contributed by atoms with E-state index in [4.69, 9.17) is 0 Å². The van der Waals surface area contributed by atoms with Gasteiger partial charge in [0.05, 0.1) is 6.42 Å². The van der Waals surface area contributed by atoms with Gasteiger partial charge in [-0.05, 0) is 49.2 Å². The van der Waals surface area contributed by atoms with E-state index in [-0.39, 0.29) is 11.4 Å². The Morgan fingerprint density at radius 1 is 1.14 bits per heavy atom. The fourth-order valence-electron chi connectivity index (χ4n) is 3.02. The van der Waals surface area contributed by atoms with Gasteiger partial charge in [-0.1, -0.05) is 42.5 Å². The fourth-order valence-corrected chi connectivity index (χ4v) is 3.02. The van der Waals surface area contributed by atoms with Gasteiger partial charge in [-0.25, -0.2) is 0 Å². The van der Waals surface area contributed by atoms with Crippen molar-refractivity contribution < 1.29 is 4.79 Å². The highest BCUT2D eigenvalue weighted by molar-refractivity contribution is 5.85. The van der Waals surface area contributed by atoms with Crippen LogP contribution in [0, 0.1) is 0 Å². The van der Waals surface area contributed by atoms with E-state index in [0.717, 1.165) is 31.5 Å². The van der Waals surface area contributed by atoms with E-state index in [2.05, 4.69) is 41.8 Å². The molecule has 2 aromatic carbocycles. The van der Waals surface area contributed by atoms with E-state index in [9.17, 15) is 4.79 Å². The highest BCUT2D eigenvalue weighted by Crippen LogP contribution is 2.19. The summed E-state index contributed by atoms with van der Waals surface area (Å²) in [6.07, 6.45) is 2.45. The van der Waals surface area contributed by atoms with Gasteiger partial charge in [-0.2, -0.15) is 0 Å². The van der Waals surface area contributed by atoms with Crippen molar-refractivity contribution in [1.82, 2.24) is 10.6 Å². The van der Waals surface area contributed by atoms with Crippen molar-refractivity contribution in [2.24, 2.45) is 0 Å². The second-order valence-electron chi connectivity index (χ2n) is 6.22. The van der Waals surface area contributed by atoms with Gasteiger partial charge in [0.15, 0.2) is 0 Å². The summed E-state index contributed by atoms with van der Waals surface area (Å²) in [6.45, 7) is 4.10. The van der Waals surface area contributed by atoms with Crippen LogP contribution in [0.4, 0.5) is 0 Å². The van der Waals surface area contributed by atoms with Crippen molar-refractivity contribution >= 4 is 16.7 Å². The average Bonchev–Trinajstić information content (AvgIpc) is 2.47. The lowest BCUT2D eigenvalue weighted by atomic mass is 9.90. The zero-order valence-corrected chi connectivity index (χ0v) is 12.5. The molecule has 3 rings (SSSR count). The van der Waals surface area contributed by atoms with Crippen LogP contribution in [-0.4, -0.2) is 24.5 Å². The lowest BCUT2D eigenvalue weighted by molar-refractivity contribution is -0.122. The minimum Gasteiger partial charge on any atom is -0.351 e. The zero-order valence-electron chi connectivity index (χ0n) is 12.5. The number of piperidine rings is 1. The Kier molecular flexibility index (Phi) is 3.93. The maximum Gasteiger partial charge on any atom is 0.224 e. The lowest BCUT2D eigenvalue weighted by Gasteiger charge is -2.35. The number of fused-ring (bicyclic) bond motifs is 1. The predicted octanol–water partition coefficient (Wildman–Crippen LogP) is 2.64. The van der Waals surface area contributed by atoms with Crippen LogP contribution in [0.5, 0.6) is 0 Å². The first-order valence-corrected chi connectivity index (χ1v) is 7.64. The lowest BCUT2D eigenvalue weighted by Crippen LogP contribution is -2.52. The molecule has 0 saturated carbocycles. The molecule has 1 saturated heterocycles. The SMILES string of the molecule is CC1(NC(=O)Cc2ccc3ccccc3c2)CCNCC1. The standard InChI is InChI=1S/C18H22N2O/c1-18(8-10-19-11-9-18)20-17(21)13-14-6-7-15-4-2-3-5-16(15)12-14/h2-7,12,19H,8-11,13H2,1H3,(H,20,21). The summed E-state index contributed by atoms with van der Waals surface area (Å²) < 4.78 is 0. The second kappa shape index (κ2) is 5.86. The summed E-state index contributed by atoms with van der Waals surface area (Å²) in [5, 5.41) is 8.95. The molecule has 0 radical (unpaired) electrons. The van der Waals surface area contributed by atoms with Gasteiger partial charge in [0.2, 0.25) is 5.91 Å². The Bertz CT molecular complexity index is 644. The molecule has 2 aromatic rings. The van der Waals surface area contributed by atoms with Crippen LogP contribution >= 0.6 is 0 Å². The molecule has 1 fully saturated rings. The zero-order chi connectivity index (χ0) is 14.7. The molecule has 3 heteroatoms. The maximum atomic E-state index is 12.3. The largest absolute Gasteiger partial charge is 0.351 e. The fraction of sp³-hybridized carbons (Fsp3) is 0.389. The number of hydrogen-bond acceptors (Lipinski definition) is 2. The van der Waals surface area contributed by atoms with Gasteiger partial charge in [-0.3, -0.25) is 4.79 Å². The van der Waals surface area contributed by atoms with Crippen molar-refractivity contribution in [3.63, 3.8) is 0 Å². The third kappa shape index (κ3) is 3.42. The number of rotatable bonds is 3. The highest BCUT2D eigenvalue weighted by atomic mass is 16.1. The Balaban J connectivity index is 1.68. The van der Waals surface area contributed by atoms with Crippen LogP contribution in [0.25, 0.3) is 10.8 Å². The molecule has 0 spiro atoms. The summed E-state index contributed by atoms with van der Waals surface area (Å²) in [7, 11) is 0. The summed E-state index contributed by atoms with van der Waals surface area (Å²) in [4.78, 5) is 12.3. The Labute approximate surface area is 125 Å². The minimum atomic E-state index is -0.0564. The van der Waals surface area contributed by atoms with Gasteiger partial charge in [0.1, 0.15) is 0 Å².